The number of nitrogens with zero attached hydrogens (tertiary/aromatic N) is 3. The fourth-order valence-electron chi connectivity index (χ4n) is 16.1. The van der Waals surface area contributed by atoms with Crippen LogP contribution in [0.5, 0.6) is 0 Å². The van der Waals surface area contributed by atoms with E-state index in [1.54, 1.807) is 0 Å². The maximum atomic E-state index is 3.68. The summed E-state index contributed by atoms with van der Waals surface area (Å²) in [5.74, 6) is 18.1. The fraction of sp³-hybridized carbons (Fsp3) is 0.133. The molecule has 7 heteroatoms. The maximum absolute atomic E-state index is 3.68. The van der Waals surface area contributed by atoms with Crippen molar-refractivity contribution in [1.29, 1.82) is 0 Å². The van der Waals surface area contributed by atoms with E-state index in [-0.39, 0.29) is 20.1 Å². The van der Waals surface area contributed by atoms with Gasteiger partial charge in [-0.2, -0.15) is 0 Å². The molecule has 3 aliphatic heterocycles. The highest BCUT2D eigenvalue weighted by Crippen LogP contribution is 2.40. The summed E-state index contributed by atoms with van der Waals surface area (Å²) < 4.78 is 0. The Morgan fingerprint density at radius 3 is 0.773 bits per heavy atom. The molecule has 0 aliphatic carbocycles. The van der Waals surface area contributed by atoms with Gasteiger partial charge in [0.2, 0.25) is 20.1 Å². The normalized spacial score (nSPS) is 12.6. The Bertz CT molecular complexity index is 4940. The van der Waals surface area contributed by atoms with E-state index in [2.05, 4.69) is 374 Å². The van der Waals surface area contributed by atoms with Crippen molar-refractivity contribution < 1.29 is 0 Å². The summed E-state index contributed by atoms with van der Waals surface area (Å²) in [4.78, 5) is 7.30. The molecule has 0 radical (unpaired) electrons. The van der Waals surface area contributed by atoms with Gasteiger partial charge < -0.3 is 14.7 Å². The molecule has 12 aromatic carbocycles. The summed E-state index contributed by atoms with van der Waals surface area (Å²) in [6.45, 7) is 27.2. The van der Waals surface area contributed by atoms with Crippen molar-refractivity contribution in [2.24, 2.45) is 0 Å². The molecular formula is C90H76B3N3Si. The SMILES string of the molecule is Cc1cc(C)c(B2c3ccccc3N(c3ccc(C#Cc4ccc5c(c4)B(c4c(C)cc(C)cc4C)c4cc(C#Cc6ccc(N7c8ccccc8B(c8c(C)cc(C)cc8C)c8ccccc87)cc6)ccc4N5c4ccc(C#C[Si](C)(C)C)cc4)cc3)c3ccccc32)c(C)c1. The predicted molar refractivity (Wildman–Crippen MR) is 421 cm³/mol. The Morgan fingerprint density at radius 1 is 0.247 bits per heavy atom. The average Bonchev–Trinajstić information content (AvgIpc) is 0.743. The van der Waals surface area contributed by atoms with Crippen LogP contribution in [0.1, 0.15) is 77.9 Å². The van der Waals surface area contributed by atoms with E-state index in [0.29, 0.717) is 0 Å². The minimum atomic E-state index is -1.60. The zero-order chi connectivity index (χ0) is 67.0. The first-order valence-electron chi connectivity index (χ1n) is 34.1. The zero-order valence-corrected chi connectivity index (χ0v) is 58.7. The van der Waals surface area contributed by atoms with Gasteiger partial charge in [-0.25, -0.2) is 0 Å². The molecule has 0 unspecified atom stereocenters. The van der Waals surface area contributed by atoms with Crippen molar-refractivity contribution >= 4 is 129 Å². The number of rotatable bonds is 6. The van der Waals surface area contributed by atoms with E-state index in [9.17, 15) is 0 Å². The van der Waals surface area contributed by atoms with Gasteiger partial charge in [-0.3, -0.25) is 0 Å². The monoisotopic (exact) mass is 1260 g/mol. The highest BCUT2D eigenvalue weighted by Gasteiger charge is 2.40. The van der Waals surface area contributed by atoms with Crippen LogP contribution in [-0.2, 0) is 0 Å². The summed E-state index contributed by atoms with van der Waals surface area (Å²) in [6, 6.07) is 89.9. The predicted octanol–water partition coefficient (Wildman–Crippen LogP) is 15.4. The highest BCUT2D eigenvalue weighted by atomic mass is 28.3. The van der Waals surface area contributed by atoms with Crippen LogP contribution in [-0.4, -0.2) is 28.2 Å². The van der Waals surface area contributed by atoms with Crippen molar-refractivity contribution in [3.8, 4) is 35.1 Å². The van der Waals surface area contributed by atoms with Crippen molar-refractivity contribution in [2.45, 2.75) is 82.0 Å². The van der Waals surface area contributed by atoms with Crippen LogP contribution in [0.3, 0.4) is 0 Å². The highest BCUT2D eigenvalue weighted by molar-refractivity contribution is 7.00. The first kappa shape index (κ1) is 62.3. The second kappa shape index (κ2) is 25.0. The van der Waals surface area contributed by atoms with Gasteiger partial charge in [-0.05, 0) is 229 Å². The molecule has 0 aromatic heterocycles. The maximum Gasteiger partial charge on any atom is 0.247 e. The summed E-state index contributed by atoms with van der Waals surface area (Å²) in [5, 5.41) is 0. The zero-order valence-electron chi connectivity index (χ0n) is 57.7. The number of para-hydroxylation sites is 4. The Hall–Kier alpha value is -10.9. The summed E-state index contributed by atoms with van der Waals surface area (Å²) in [7, 11) is -1.60. The molecule has 97 heavy (non-hydrogen) atoms. The van der Waals surface area contributed by atoms with E-state index in [1.165, 1.54) is 122 Å². The van der Waals surface area contributed by atoms with Crippen LogP contribution in [0.15, 0.2) is 243 Å². The van der Waals surface area contributed by atoms with Crippen LogP contribution in [0.4, 0.5) is 51.2 Å². The number of fused-ring (bicyclic) bond motifs is 6. The molecule has 12 aromatic rings. The first-order valence-corrected chi connectivity index (χ1v) is 37.6. The molecule has 0 saturated carbocycles. The van der Waals surface area contributed by atoms with Crippen LogP contribution < -0.4 is 63.9 Å². The second-order valence-corrected chi connectivity index (χ2v) is 32.9. The molecule has 0 saturated heterocycles. The van der Waals surface area contributed by atoms with E-state index < -0.39 is 8.07 Å². The molecule has 3 aliphatic rings. The third-order valence-electron chi connectivity index (χ3n) is 19.9. The lowest BCUT2D eigenvalue weighted by Crippen LogP contribution is -2.58. The number of anilines is 9. The quantitative estimate of drug-likeness (QED) is 0.121. The van der Waals surface area contributed by atoms with Gasteiger partial charge in [0, 0.05) is 79.0 Å². The smallest absolute Gasteiger partial charge is 0.247 e. The van der Waals surface area contributed by atoms with Crippen molar-refractivity contribution in [3.05, 3.63) is 321 Å². The Kier molecular flexibility index (Phi) is 16.1. The lowest BCUT2D eigenvalue weighted by molar-refractivity contribution is 1.28. The second-order valence-electron chi connectivity index (χ2n) is 28.2. The molecule has 0 bridgehead atoms. The molecule has 0 atom stereocenters. The summed E-state index contributed by atoms with van der Waals surface area (Å²) in [6.07, 6.45) is 0. The van der Waals surface area contributed by atoms with Gasteiger partial charge in [-0.15, -0.1) is 5.54 Å². The topological polar surface area (TPSA) is 9.72 Å². The van der Waals surface area contributed by atoms with Gasteiger partial charge >= 0.3 is 0 Å². The van der Waals surface area contributed by atoms with Crippen LogP contribution in [0.25, 0.3) is 0 Å². The molecular weight excluding hydrogens is 1180 g/mol. The van der Waals surface area contributed by atoms with E-state index in [1.807, 2.05) is 0 Å². The van der Waals surface area contributed by atoms with E-state index in [0.717, 1.165) is 56.3 Å². The van der Waals surface area contributed by atoms with Crippen molar-refractivity contribution in [3.63, 3.8) is 0 Å². The van der Waals surface area contributed by atoms with Gasteiger partial charge in [0.05, 0.1) is 0 Å². The number of benzene rings is 12. The van der Waals surface area contributed by atoms with Gasteiger partial charge in [-0.1, -0.05) is 225 Å². The molecule has 464 valence electrons. The number of aryl methyl sites for hydroxylation is 9. The molecule has 3 heterocycles. The van der Waals surface area contributed by atoms with E-state index in [4.69, 9.17) is 0 Å². The lowest BCUT2D eigenvalue weighted by atomic mass is 9.33. The third-order valence-corrected chi connectivity index (χ3v) is 20.7. The lowest BCUT2D eigenvalue weighted by Gasteiger charge is -2.38. The fourth-order valence-corrected chi connectivity index (χ4v) is 16.6. The average molecular weight is 1260 g/mol. The van der Waals surface area contributed by atoms with Crippen molar-refractivity contribution in [1.82, 2.24) is 0 Å². The first-order chi connectivity index (χ1) is 46.9. The molecule has 0 amide bonds. The molecule has 0 spiro atoms. The molecule has 15 rings (SSSR count). The third kappa shape index (κ3) is 11.6. The minimum absolute atomic E-state index is 0.117. The van der Waals surface area contributed by atoms with Gasteiger partial charge in [0.15, 0.2) is 0 Å². The standard InChI is InChI=1S/C90H76B3N3Si/c1-59-51-62(4)88(63(5)52-59)91-76-21-13-17-25-82(76)94(83-26-18-14-22-77(83)91)73-41-33-68(34-42-73)29-31-71-39-47-86-80(57-71)93(90-66(8)55-61(3)56-67(90)9)81-58-72(40-48-87(81)96(86)75-45-37-70(38-46-75)49-50-97(10,11)12)32-30-69-35-43-74(44-36-69)95-84-27-19-15-23-78(84)92(79-24-16-20-28-85(79)95)89-64(6)53-60(2)54-65(89)7/h13-28,33-48,51-58H,1-12H3. The van der Waals surface area contributed by atoms with Gasteiger partial charge in [0.1, 0.15) is 8.07 Å². The molecule has 3 nitrogen and oxygen atoms in total. The Balaban J connectivity index is 0.797. The van der Waals surface area contributed by atoms with Crippen LogP contribution >= 0.6 is 0 Å². The molecule has 0 fully saturated rings. The molecule has 0 N–H and O–H groups in total. The van der Waals surface area contributed by atoms with Gasteiger partial charge in [0.25, 0.3) is 0 Å². The van der Waals surface area contributed by atoms with Crippen LogP contribution in [0.2, 0.25) is 19.6 Å². The Morgan fingerprint density at radius 2 is 0.485 bits per heavy atom. The Labute approximate surface area is 577 Å². The number of hydrogen-bond acceptors (Lipinski definition) is 3. The van der Waals surface area contributed by atoms with E-state index >= 15 is 0 Å². The minimum Gasteiger partial charge on any atom is -0.312 e. The summed E-state index contributed by atoms with van der Waals surface area (Å²) in [5.41, 5.74) is 42.1. The largest absolute Gasteiger partial charge is 0.312 e. The number of hydrogen-bond donors (Lipinski definition) is 0. The van der Waals surface area contributed by atoms with Crippen molar-refractivity contribution in [2.75, 3.05) is 14.7 Å². The van der Waals surface area contributed by atoms with Crippen LogP contribution in [0, 0.1) is 97.5 Å². The summed E-state index contributed by atoms with van der Waals surface area (Å²) >= 11 is 0.